The number of nitrogens with zero attached hydrogens (tertiary/aromatic N) is 2. The van der Waals surface area contributed by atoms with Crippen molar-refractivity contribution in [2.45, 2.75) is 39.7 Å². The zero-order valence-corrected chi connectivity index (χ0v) is 12.9. The molecule has 0 aliphatic carbocycles. The first-order chi connectivity index (χ1) is 9.10. The number of hydrogen-bond acceptors (Lipinski definition) is 5. The number of ether oxygens (including phenoxy) is 1. The Kier molecular flexibility index (Phi) is 6.21. The van der Waals surface area contributed by atoms with E-state index >= 15 is 0 Å². The summed E-state index contributed by atoms with van der Waals surface area (Å²) in [5, 5.41) is 0. The van der Waals surface area contributed by atoms with Crippen LogP contribution in [0.2, 0.25) is 0 Å². The third-order valence-electron chi connectivity index (χ3n) is 3.00. The molecule has 0 radical (unpaired) electrons. The summed E-state index contributed by atoms with van der Waals surface area (Å²) < 4.78 is 6.98. The van der Waals surface area contributed by atoms with Crippen molar-refractivity contribution in [1.82, 2.24) is 9.55 Å². The second-order valence-electron chi connectivity index (χ2n) is 4.22. The van der Waals surface area contributed by atoms with Crippen LogP contribution in [0.15, 0.2) is 0 Å². The molecule has 0 amide bonds. The highest BCUT2D eigenvalue weighted by atomic mass is 32.2. The number of aryl methyl sites for hydroxylation is 1. The Balaban J connectivity index is 3.19. The van der Waals surface area contributed by atoms with Crippen molar-refractivity contribution in [1.29, 1.82) is 0 Å². The molecule has 1 atom stereocenters. The number of rotatable bonds is 7. The lowest BCUT2D eigenvalue weighted by Crippen LogP contribution is -2.17. The van der Waals surface area contributed by atoms with Crippen molar-refractivity contribution < 1.29 is 9.53 Å². The molecule has 0 spiro atoms. The van der Waals surface area contributed by atoms with E-state index in [9.17, 15) is 4.79 Å². The molecule has 0 aromatic carbocycles. The van der Waals surface area contributed by atoms with Crippen LogP contribution in [0.5, 0.6) is 0 Å². The summed E-state index contributed by atoms with van der Waals surface area (Å²) >= 11 is 1.76. The van der Waals surface area contributed by atoms with Crippen molar-refractivity contribution in [2.75, 3.05) is 24.3 Å². The fourth-order valence-corrected chi connectivity index (χ4v) is 2.84. The first-order valence-electron chi connectivity index (χ1n) is 6.63. The Hall–Kier alpha value is -1.17. The number of aromatic nitrogens is 2. The molecule has 1 unspecified atom stereocenters. The molecule has 1 rings (SSSR count). The number of carbonyl (C=O) groups excluding carboxylic acids is 1. The third-order valence-corrected chi connectivity index (χ3v) is 3.72. The van der Waals surface area contributed by atoms with Gasteiger partial charge in [-0.25, -0.2) is 9.78 Å². The van der Waals surface area contributed by atoms with Crippen LogP contribution in [0.3, 0.4) is 0 Å². The summed E-state index contributed by atoms with van der Waals surface area (Å²) in [7, 11) is 0. The highest BCUT2D eigenvalue weighted by Crippen LogP contribution is 2.26. The number of hydrogen-bond donors (Lipinski definition) is 1. The van der Waals surface area contributed by atoms with Gasteiger partial charge >= 0.3 is 5.97 Å². The first kappa shape index (κ1) is 15.9. The molecule has 1 aromatic heterocycles. The Morgan fingerprint density at radius 1 is 1.47 bits per heavy atom. The van der Waals surface area contributed by atoms with Crippen LogP contribution in [-0.4, -0.2) is 34.1 Å². The summed E-state index contributed by atoms with van der Waals surface area (Å²) in [6, 6.07) is 0.264. The monoisotopic (exact) mass is 285 g/mol. The second-order valence-corrected chi connectivity index (χ2v) is 5.13. The lowest BCUT2D eigenvalue weighted by Gasteiger charge is -2.19. The van der Waals surface area contributed by atoms with Gasteiger partial charge in [0.15, 0.2) is 5.69 Å². The maximum absolute atomic E-state index is 11.8. The van der Waals surface area contributed by atoms with Gasteiger partial charge in [-0.05, 0) is 19.6 Å². The van der Waals surface area contributed by atoms with Gasteiger partial charge in [0.05, 0.1) is 6.61 Å². The summed E-state index contributed by atoms with van der Waals surface area (Å²) in [5.74, 6) is 1.79. The van der Waals surface area contributed by atoms with Gasteiger partial charge in [0, 0.05) is 18.2 Å². The average Bonchev–Trinajstić information content (AvgIpc) is 2.73. The summed E-state index contributed by atoms with van der Waals surface area (Å²) in [5.41, 5.74) is 6.36. The van der Waals surface area contributed by atoms with Crippen LogP contribution in [0, 0.1) is 0 Å². The van der Waals surface area contributed by atoms with Gasteiger partial charge < -0.3 is 15.0 Å². The highest BCUT2D eigenvalue weighted by Gasteiger charge is 2.24. The minimum atomic E-state index is -0.438. The van der Waals surface area contributed by atoms with Crippen molar-refractivity contribution >= 4 is 23.5 Å². The normalized spacial score (nSPS) is 12.4. The van der Waals surface area contributed by atoms with Crippen LogP contribution < -0.4 is 5.73 Å². The van der Waals surface area contributed by atoms with Gasteiger partial charge in [0.1, 0.15) is 11.6 Å². The first-order valence-corrected chi connectivity index (χ1v) is 8.02. The molecule has 6 heteroatoms. The minimum Gasteiger partial charge on any atom is -0.461 e. The molecule has 0 bridgehead atoms. The van der Waals surface area contributed by atoms with Crippen LogP contribution >= 0.6 is 11.8 Å². The number of esters is 1. The SMILES string of the molecule is CCOC(=O)c1nc(CC)n(C(CC)CSC)c1N. The zero-order valence-electron chi connectivity index (χ0n) is 12.1. The van der Waals surface area contributed by atoms with Crippen molar-refractivity contribution in [2.24, 2.45) is 0 Å². The number of carbonyl (C=O) groups is 1. The molecule has 2 N–H and O–H groups in total. The van der Waals surface area contributed by atoms with E-state index in [2.05, 4.69) is 18.2 Å². The zero-order chi connectivity index (χ0) is 14.4. The molecule has 19 heavy (non-hydrogen) atoms. The molecule has 5 nitrogen and oxygen atoms in total. The molecule has 0 fully saturated rings. The van der Waals surface area contributed by atoms with E-state index in [-0.39, 0.29) is 11.7 Å². The van der Waals surface area contributed by atoms with Crippen LogP contribution in [-0.2, 0) is 11.2 Å². The molecule has 108 valence electrons. The van der Waals surface area contributed by atoms with Crippen LogP contribution in [0.25, 0.3) is 0 Å². The summed E-state index contributed by atoms with van der Waals surface area (Å²) in [6.07, 6.45) is 3.76. The molecular weight excluding hydrogens is 262 g/mol. The van der Waals surface area contributed by atoms with E-state index in [0.717, 1.165) is 24.4 Å². The van der Waals surface area contributed by atoms with Gasteiger partial charge in [0.2, 0.25) is 0 Å². The van der Waals surface area contributed by atoms with Gasteiger partial charge in [-0.3, -0.25) is 0 Å². The summed E-state index contributed by atoms with van der Waals surface area (Å²) in [6.45, 7) is 6.23. The molecule has 1 aromatic rings. The third kappa shape index (κ3) is 3.43. The molecule has 0 aliphatic rings. The molecule has 0 saturated carbocycles. The Labute approximate surface area is 118 Å². The van der Waals surface area contributed by atoms with Gasteiger partial charge in [-0.2, -0.15) is 11.8 Å². The van der Waals surface area contributed by atoms with Gasteiger partial charge in [0.25, 0.3) is 0 Å². The number of imidazole rings is 1. The standard InChI is InChI=1S/C13H23N3O2S/c1-5-9(8-19-4)16-10(6-2)15-11(12(16)14)13(17)18-7-3/h9H,5-8,14H2,1-4H3. The van der Waals surface area contributed by atoms with Crippen molar-refractivity contribution in [3.8, 4) is 0 Å². The predicted molar refractivity (Wildman–Crippen MR) is 79.7 cm³/mol. The topological polar surface area (TPSA) is 70.1 Å². The highest BCUT2D eigenvalue weighted by molar-refractivity contribution is 7.98. The van der Waals surface area contributed by atoms with Crippen molar-refractivity contribution in [3.05, 3.63) is 11.5 Å². The Bertz CT molecular complexity index is 432. The van der Waals surface area contributed by atoms with Crippen LogP contribution in [0.4, 0.5) is 5.82 Å². The average molecular weight is 285 g/mol. The summed E-state index contributed by atoms with van der Waals surface area (Å²) in [4.78, 5) is 16.2. The Morgan fingerprint density at radius 2 is 2.16 bits per heavy atom. The van der Waals surface area contributed by atoms with E-state index in [1.54, 1.807) is 18.7 Å². The fourth-order valence-electron chi connectivity index (χ4n) is 2.07. The molecule has 1 heterocycles. The lowest BCUT2D eigenvalue weighted by atomic mass is 10.2. The van der Waals surface area contributed by atoms with E-state index in [1.807, 2.05) is 11.5 Å². The van der Waals surface area contributed by atoms with E-state index < -0.39 is 5.97 Å². The number of anilines is 1. The van der Waals surface area contributed by atoms with Gasteiger partial charge in [-0.1, -0.05) is 13.8 Å². The van der Waals surface area contributed by atoms with E-state index in [1.165, 1.54) is 0 Å². The number of thioether (sulfide) groups is 1. The second kappa shape index (κ2) is 7.43. The molecule has 0 saturated heterocycles. The number of nitrogen functional groups attached to an aromatic ring is 1. The van der Waals surface area contributed by atoms with Crippen LogP contribution in [0.1, 0.15) is 49.5 Å². The molecule has 0 aliphatic heterocycles. The Morgan fingerprint density at radius 3 is 2.63 bits per heavy atom. The van der Waals surface area contributed by atoms with E-state index in [4.69, 9.17) is 10.5 Å². The van der Waals surface area contributed by atoms with Gasteiger partial charge in [-0.15, -0.1) is 0 Å². The molecular formula is C13H23N3O2S. The maximum Gasteiger partial charge on any atom is 0.360 e. The fraction of sp³-hybridized carbons (Fsp3) is 0.692. The maximum atomic E-state index is 11.8. The predicted octanol–water partition coefficient (Wildman–Crippen LogP) is 2.52. The quantitative estimate of drug-likeness (QED) is 0.779. The largest absolute Gasteiger partial charge is 0.461 e. The number of nitrogens with two attached hydrogens (primary N) is 1. The minimum absolute atomic E-state index is 0.248. The van der Waals surface area contributed by atoms with E-state index in [0.29, 0.717) is 12.4 Å². The lowest BCUT2D eigenvalue weighted by molar-refractivity contribution is 0.0521. The smallest absolute Gasteiger partial charge is 0.360 e. The van der Waals surface area contributed by atoms with Crippen molar-refractivity contribution in [3.63, 3.8) is 0 Å².